The maximum atomic E-state index is 9.55. The first-order valence-electron chi connectivity index (χ1n) is 7.10. The van der Waals surface area contributed by atoms with Gasteiger partial charge in [-0.25, -0.2) is 0 Å². The molecule has 1 fully saturated rings. The number of aliphatic hydroxyl groups excluding tert-OH is 1. The Morgan fingerprint density at radius 1 is 1.29 bits per heavy atom. The summed E-state index contributed by atoms with van der Waals surface area (Å²) < 4.78 is 5.00. The average molecular weight is 243 g/mol. The van der Waals surface area contributed by atoms with E-state index in [-0.39, 0.29) is 0 Å². The standard InChI is InChI=1S/C14H29NO2/c1-12-5-3-4-6-14(12)13(11-16)7-8-15-9-10-17-2/h12-16H,3-11H2,1-2H3. The third kappa shape index (κ3) is 5.36. The number of rotatable bonds is 8. The zero-order valence-electron chi connectivity index (χ0n) is 11.5. The Morgan fingerprint density at radius 2 is 2.06 bits per heavy atom. The Morgan fingerprint density at radius 3 is 2.71 bits per heavy atom. The minimum Gasteiger partial charge on any atom is -0.396 e. The average Bonchev–Trinajstić information content (AvgIpc) is 2.35. The summed E-state index contributed by atoms with van der Waals surface area (Å²) >= 11 is 0. The lowest BCUT2D eigenvalue weighted by Gasteiger charge is -2.34. The summed E-state index contributed by atoms with van der Waals surface area (Å²) in [5, 5.41) is 12.9. The molecule has 0 bridgehead atoms. The molecule has 0 aliphatic heterocycles. The Bertz CT molecular complexity index is 187. The van der Waals surface area contributed by atoms with E-state index in [2.05, 4.69) is 12.2 Å². The third-order valence-corrected chi connectivity index (χ3v) is 4.19. The van der Waals surface area contributed by atoms with Gasteiger partial charge in [0, 0.05) is 20.3 Å². The SMILES string of the molecule is COCCNCCC(CO)C1CCCCC1C. The van der Waals surface area contributed by atoms with Gasteiger partial charge in [-0.05, 0) is 37.1 Å². The Balaban J connectivity index is 2.21. The second kappa shape index (κ2) is 8.90. The highest BCUT2D eigenvalue weighted by molar-refractivity contribution is 4.79. The van der Waals surface area contributed by atoms with E-state index in [9.17, 15) is 5.11 Å². The second-order valence-corrected chi connectivity index (χ2v) is 5.40. The number of ether oxygens (including phenoxy) is 1. The molecule has 0 aromatic heterocycles. The molecular formula is C14H29NO2. The van der Waals surface area contributed by atoms with E-state index < -0.39 is 0 Å². The normalized spacial score (nSPS) is 27.0. The van der Waals surface area contributed by atoms with E-state index in [4.69, 9.17) is 4.74 Å². The highest BCUT2D eigenvalue weighted by Crippen LogP contribution is 2.35. The molecule has 0 amide bonds. The van der Waals surface area contributed by atoms with Crippen molar-refractivity contribution in [2.24, 2.45) is 17.8 Å². The number of hydrogen-bond acceptors (Lipinski definition) is 3. The minimum atomic E-state index is 0.348. The highest BCUT2D eigenvalue weighted by Gasteiger charge is 2.28. The molecular weight excluding hydrogens is 214 g/mol. The maximum absolute atomic E-state index is 9.55. The number of methoxy groups -OCH3 is 1. The zero-order valence-corrected chi connectivity index (χ0v) is 11.5. The Hall–Kier alpha value is -0.120. The van der Waals surface area contributed by atoms with Gasteiger partial charge in [0.1, 0.15) is 0 Å². The number of aliphatic hydroxyl groups is 1. The van der Waals surface area contributed by atoms with Crippen LogP contribution in [0.1, 0.15) is 39.0 Å². The van der Waals surface area contributed by atoms with Crippen LogP contribution in [-0.4, -0.2) is 38.5 Å². The van der Waals surface area contributed by atoms with E-state index in [1.165, 1.54) is 25.7 Å². The molecule has 0 radical (unpaired) electrons. The van der Waals surface area contributed by atoms with Gasteiger partial charge < -0.3 is 15.2 Å². The molecule has 3 nitrogen and oxygen atoms in total. The molecule has 102 valence electrons. The van der Waals surface area contributed by atoms with Crippen LogP contribution in [0.15, 0.2) is 0 Å². The van der Waals surface area contributed by atoms with Crippen LogP contribution in [0.3, 0.4) is 0 Å². The van der Waals surface area contributed by atoms with Crippen molar-refractivity contribution in [3.05, 3.63) is 0 Å². The van der Waals surface area contributed by atoms with E-state index in [1.807, 2.05) is 0 Å². The van der Waals surface area contributed by atoms with Gasteiger partial charge in [-0.15, -0.1) is 0 Å². The van der Waals surface area contributed by atoms with Crippen molar-refractivity contribution < 1.29 is 9.84 Å². The molecule has 1 aliphatic carbocycles. The van der Waals surface area contributed by atoms with Gasteiger partial charge in [0.2, 0.25) is 0 Å². The molecule has 0 aromatic carbocycles. The fourth-order valence-corrected chi connectivity index (χ4v) is 3.07. The monoisotopic (exact) mass is 243 g/mol. The van der Waals surface area contributed by atoms with Crippen molar-refractivity contribution in [3.8, 4) is 0 Å². The lowest BCUT2D eigenvalue weighted by atomic mass is 9.72. The van der Waals surface area contributed by atoms with Crippen molar-refractivity contribution in [1.29, 1.82) is 0 Å². The summed E-state index contributed by atoms with van der Waals surface area (Å²) in [6.07, 6.45) is 6.47. The second-order valence-electron chi connectivity index (χ2n) is 5.40. The van der Waals surface area contributed by atoms with Gasteiger partial charge in [-0.2, -0.15) is 0 Å². The molecule has 17 heavy (non-hydrogen) atoms. The van der Waals surface area contributed by atoms with Crippen molar-refractivity contribution in [2.75, 3.05) is 33.4 Å². The topological polar surface area (TPSA) is 41.5 Å². The van der Waals surface area contributed by atoms with E-state index in [1.54, 1.807) is 7.11 Å². The molecule has 0 spiro atoms. The third-order valence-electron chi connectivity index (χ3n) is 4.19. The largest absolute Gasteiger partial charge is 0.396 e. The van der Waals surface area contributed by atoms with Gasteiger partial charge in [-0.3, -0.25) is 0 Å². The van der Waals surface area contributed by atoms with Crippen molar-refractivity contribution in [3.63, 3.8) is 0 Å². The quantitative estimate of drug-likeness (QED) is 0.641. The molecule has 0 heterocycles. The first kappa shape index (κ1) is 14.9. The molecule has 3 unspecified atom stereocenters. The summed E-state index contributed by atoms with van der Waals surface area (Å²) in [6, 6.07) is 0. The zero-order chi connectivity index (χ0) is 12.5. The van der Waals surface area contributed by atoms with Gasteiger partial charge in [0.25, 0.3) is 0 Å². The molecule has 1 saturated carbocycles. The van der Waals surface area contributed by atoms with Crippen molar-refractivity contribution in [1.82, 2.24) is 5.32 Å². The van der Waals surface area contributed by atoms with E-state index >= 15 is 0 Å². The summed E-state index contributed by atoms with van der Waals surface area (Å²) in [4.78, 5) is 0. The van der Waals surface area contributed by atoms with Crippen LogP contribution >= 0.6 is 0 Å². The summed E-state index contributed by atoms with van der Waals surface area (Å²) in [6.45, 7) is 5.38. The van der Waals surface area contributed by atoms with Crippen LogP contribution in [0.4, 0.5) is 0 Å². The molecule has 1 aliphatic rings. The molecule has 0 aromatic rings. The highest BCUT2D eigenvalue weighted by atomic mass is 16.5. The smallest absolute Gasteiger partial charge is 0.0587 e. The first-order chi connectivity index (χ1) is 8.29. The van der Waals surface area contributed by atoms with Crippen LogP contribution in [0, 0.1) is 17.8 Å². The summed E-state index contributed by atoms with van der Waals surface area (Å²) in [5.74, 6) is 2.01. The van der Waals surface area contributed by atoms with Crippen LogP contribution < -0.4 is 5.32 Å². The Labute approximate surface area is 106 Å². The van der Waals surface area contributed by atoms with Crippen LogP contribution in [0.25, 0.3) is 0 Å². The van der Waals surface area contributed by atoms with E-state index in [0.29, 0.717) is 12.5 Å². The summed E-state index contributed by atoms with van der Waals surface area (Å²) in [7, 11) is 1.72. The van der Waals surface area contributed by atoms with Crippen LogP contribution in [0.5, 0.6) is 0 Å². The Kier molecular flexibility index (Phi) is 7.82. The van der Waals surface area contributed by atoms with Crippen LogP contribution in [0.2, 0.25) is 0 Å². The molecule has 0 saturated heterocycles. The fraction of sp³-hybridized carbons (Fsp3) is 1.00. The molecule has 2 N–H and O–H groups in total. The van der Waals surface area contributed by atoms with Crippen LogP contribution in [-0.2, 0) is 4.74 Å². The molecule has 1 rings (SSSR count). The van der Waals surface area contributed by atoms with E-state index in [0.717, 1.165) is 38.0 Å². The van der Waals surface area contributed by atoms with Gasteiger partial charge in [0.05, 0.1) is 6.61 Å². The predicted octanol–water partition coefficient (Wildman–Crippen LogP) is 2.05. The van der Waals surface area contributed by atoms with Gasteiger partial charge in [-0.1, -0.05) is 26.2 Å². The van der Waals surface area contributed by atoms with Crippen molar-refractivity contribution >= 4 is 0 Å². The van der Waals surface area contributed by atoms with Gasteiger partial charge in [0.15, 0.2) is 0 Å². The number of nitrogens with one attached hydrogen (secondary N) is 1. The predicted molar refractivity (Wildman–Crippen MR) is 71.1 cm³/mol. The van der Waals surface area contributed by atoms with Gasteiger partial charge >= 0.3 is 0 Å². The van der Waals surface area contributed by atoms with Crippen molar-refractivity contribution in [2.45, 2.75) is 39.0 Å². The fourth-order valence-electron chi connectivity index (χ4n) is 3.07. The lowest BCUT2D eigenvalue weighted by Crippen LogP contribution is -2.31. The lowest BCUT2D eigenvalue weighted by molar-refractivity contribution is 0.103. The minimum absolute atomic E-state index is 0.348. The first-order valence-corrected chi connectivity index (χ1v) is 7.10. The molecule has 3 heteroatoms. The molecule has 3 atom stereocenters. The summed E-state index contributed by atoms with van der Waals surface area (Å²) in [5.41, 5.74) is 0. The number of hydrogen-bond donors (Lipinski definition) is 2. The maximum Gasteiger partial charge on any atom is 0.0587 e.